The van der Waals surface area contributed by atoms with Crippen LogP contribution in [0.15, 0.2) is 0 Å². The van der Waals surface area contributed by atoms with E-state index in [1.807, 2.05) is 0 Å². The first kappa shape index (κ1) is 47.3. The molecule has 0 amide bonds. The zero-order valence-electron chi connectivity index (χ0n) is 33.0. The molecule has 0 aromatic carbocycles. The van der Waals surface area contributed by atoms with E-state index in [0.717, 1.165) is 43.9 Å². The molecular formula is C42H82O8. The summed E-state index contributed by atoms with van der Waals surface area (Å²) >= 11 is 0. The molecule has 50 heavy (non-hydrogen) atoms. The van der Waals surface area contributed by atoms with Gasteiger partial charge in [0, 0.05) is 13.0 Å². The Morgan fingerprint density at radius 2 is 0.920 bits per heavy atom. The number of ether oxygens (including phenoxy) is 3. The molecule has 8 nitrogen and oxygen atoms in total. The van der Waals surface area contributed by atoms with Gasteiger partial charge in [0.25, 0.3) is 0 Å². The predicted molar refractivity (Wildman–Crippen MR) is 204 cm³/mol. The summed E-state index contributed by atoms with van der Waals surface area (Å²) in [6, 6.07) is 0. The van der Waals surface area contributed by atoms with E-state index >= 15 is 0 Å². The third-order valence-electron chi connectivity index (χ3n) is 10.7. The average molecular weight is 715 g/mol. The van der Waals surface area contributed by atoms with Gasteiger partial charge in [-0.05, 0) is 24.7 Å². The van der Waals surface area contributed by atoms with Crippen LogP contribution >= 0.6 is 0 Å². The molecule has 0 radical (unpaired) electrons. The molecule has 298 valence electrons. The normalized spacial score (nSPS) is 22.5. The Kier molecular flexibility index (Phi) is 30.0. The van der Waals surface area contributed by atoms with E-state index in [1.54, 1.807) is 0 Å². The molecule has 0 heterocycles. The molecule has 8 heteroatoms. The number of rotatable bonds is 35. The first-order valence-corrected chi connectivity index (χ1v) is 21.3. The SMILES string of the molecule is CCCCCCC(C)CCCCCCCCCOC[C@@H](COC1C(O)C(O)[C@@H](O)C1O)OC(=O)CCCCCCCCC(C)CCCCCC. The summed E-state index contributed by atoms with van der Waals surface area (Å²) in [5.41, 5.74) is 0. The minimum absolute atomic E-state index is 0.0989. The first-order valence-electron chi connectivity index (χ1n) is 21.3. The number of aliphatic hydroxyl groups is 4. The van der Waals surface area contributed by atoms with Crippen LogP contribution in [0.25, 0.3) is 0 Å². The molecule has 1 fully saturated rings. The van der Waals surface area contributed by atoms with E-state index in [1.165, 1.54) is 128 Å². The van der Waals surface area contributed by atoms with E-state index < -0.39 is 36.6 Å². The molecule has 6 unspecified atom stereocenters. The van der Waals surface area contributed by atoms with Gasteiger partial charge in [0.1, 0.15) is 36.6 Å². The predicted octanol–water partition coefficient (Wildman–Crippen LogP) is 9.21. The lowest BCUT2D eigenvalue weighted by Gasteiger charge is -2.24. The molecule has 0 aromatic rings. The Morgan fingerprint density at radius 1 is 0.520 bits per heavy atom. The van der Waals surface area contributed by atoms with Gasteiger partial charge < -0.3 is 34.6 Å². The van der Waals surface area contributed by atoms with Crippen LogP contribution in [-0.4, -0.2) is 82.8 Å². The van der Waals surface area contributed by atoms with Crippen LogP contribution in [0.2, 0.25) is 0 Å². The van der Waals surface area contributed by atoms with E-state index in [-0.39, 0.29) is 19.2 Å². The standard InChI is InChI=1S/C42H82O8/c1-5-7-9-20-26-34(3)28-22-16-12-11-15-19-25-31-48-32-36(33-49-42-40(46)38(44)39(45)41(42)47)50-37(43)30-24-18-14-13-17-23-29-35(4)27-21-10-8-6-2/h34-36,38-42,44-47H,5-33H2,1-4H3/t34?,35?,36-,38+,39?,40?,41?,42?/m0/s1. The number of hydrogen-bond donors (Lipinski definition) is 4. The summed E-state index contributed by atoms with van der Waals surface area (Å²) in [6.07, 6.45) is 23.9. The fraction of sp³-hybridized carbons (Fsp3) is 0.976. The lowest BCUT2D eigenvalue weighted by Crippen LogP contribution is -2.39. The molecule has 1 aliphatic rings. The second-order valence-corrected chi connectivity index (χ2v) is 15.8. The Hall–Kier alpha value is -0.770. The molecule has 0 aromatic heterocycles. The lowest BCUT2D eigenvalue weighted by molar-refractivity contribution is -0.163. The fourth-order valence-corrected chi connectivity index (χ4v) is 7.16. The molecule has 4 N–H and O–H groups in total. The van der Waals surface area contributed by atoms with Crippen molar-refractivity contribution in [1.82, 2.24) is 0 Å². The zero-order valence-corrected chi connectivity index (χ0v) is 33.0. The van der Waals surface area contributed by atoms with Crippen LogP contribution in [0.1, 0.15) is 195 Å². The molecule has 0 spiro atoms. The molecule has 0 bridgehead atoms. The highest BCUT2D eigenvalue weighted by atomic mass is 16.6. The van der Waals surface area contributed by atoms with E-state index in [0.29, 0.717) is 13.0 Å². The van der Waals surface area contributed by atoms with Crippen molar-refractivity contribution in [1.29, 1.82) is 0 Å². The maximum atomic E-state index is 12.7. The van der Waals surface area contributed by atoms with Crippen molar-refractivity contribution >= 4 is 5.97 Å². The number of carbonyl (C=O) groups is 1. The monoisotopic (exact) mass is 715 g/mol. The molecule has 8 atom stereocenters. The van der Waals surface area contributed by atoms with Crippen molar-refractivity contribution in [3.63, 3.8) is 0 Å². The fourth-order valence-electron chi connectivity index (χ4n) is 7.16. The molecule has 1 saturated carbocycles. The largest absolute Gasteiger partial charge is 0.457 e. The molecular weight excluding hydrogens is 632 g/mol. The Labute approximate surface area is 307 Å². The van der Waals surface area contributed by atoms with Gasteiger partial charge in [0.05, 0.1) is 13.2 Å². The minimum atomic E-state index is -1.49. The van der Waals surface area contributed by atoms with Gasteiger partial charge in [-0.25, -0.2) is 0 Å². The van der Waals surface area contributed by atoms with E-state index in [9.17, 15) is 25.2 Å². The highest BCUT2D eigenvalue weighted by Gasteiger charge is 2.49. The van der Waals surface area contributed by atoms with Crippen LogP contribution in [0.5, 0.6) is 0 Å². The van der Waals surface area contributed by atoms with Crippen LogP contribution in [0.4, 0.5) is 0 Å². The summed E-state index contributed by atoms with van der Waals surface area (Å²) in [7, 11) is 0. The third kappa shape index (κ3) is 23.7. The molecule has 0 aliphatic heterocycles. The maximum Gasteiger partial charge on any atom is 0.306 e. The summed E-state index contributed by atoms with van der Waals surface area (Å²) in [6.45, 7) is 9.93. The first-order chi connectivity index (χ1) is 24.2. The van der Waals surface area contributed by atoms with Crippen LogP contribution < -0.4 is 0 Å². The van der Waals surface area contributed by atoms with Gasteiger partial charge in [-0.1, -0.05) is 175 Å². The van der Waals surface area contributed by atoms with Crippen molar-refractivity contribution in [2.75, 3.05) is 19.8 Å². The molecule has 1 aliphatic carbocycles. The van der Waals surface area contributed by atoms with Gasteiger partial charge in [0.15, 0.2) is 0 Å². The summed E-state index contributed by atoms with van der Waals surface area (Å²) < 4.78 is 17.3. The Bertz CT molecular complexity index is 752. The summed E-state index contributed by atoms with van der Waals surface area (Å²) in [5, 5.41) is 40.2. The third-order valence-corrected chi connectivity index (χ3v) is 10.7. The van der Waals surface area contributed by atoms with Crippen molar-refractivity contribution in [3.05, 3.63) is 0 Å². The topological polar surface area (TPSA) is 126 Å². The van der Waals surface area contributed by atoms with Crippen molar-refractivity contribution in [2.45, 2.75) is 231 Å². The molecule has 1 rings (SSSR count). The second kappa shape index (κ2) is 31.7. The van der Waals surface area contributed by atoms with Crippen LogP contribution in [0, 0.1) is 11.8 Å². The highest BCUT2D eigenvalue weighted by Crippen LogP contribution is 2.25. The van der Waals surface area contributed by atoms with Gasteiger partial charge in [-0.3, -0.25) is 4.79 Å². The van der Waals surface area contributed by atoms with Crippen LogP contribution in [0.3, 0.4) is 0 Å². The van der Waals surface area contributed by atoms with Gasteiger partial charge in [0.2, 0.25) is 0 Å². The van der Waals surface area contributed by atoms with Crippen molar-refractivity contribution in [2.24, 2.45) is 11.8 Å². The summed E-state index contributed by atoms with van der Waals surface area (Å²) in [4.78, 5) is 12.7. The van der Waals surface area contributed by atoms with E-state index in [2.05, 4.69) is 27.7 Å². The number of unbranched alkanes of at least 4 members (excludes halogenated alkanes) is 17. The van der Waals surface area contributed by atoms with Gasteiger partial charge in [-0.15, -0.1) is 0 Å². The smallest absolute Gasteiger partial charge is 0.306 e. The number of hydrogen-bond acceptors (Lipinski definition) is 8. The second-order valence-electron chi connectivity index (χ2n) is 15.8. The highest BCUT2D eigenvalue weighted by molar-refractivity contribution is 5.69. The molecule has 0 saturated heterocycles. The van der Waals surface area contributed by atoms with Gasteiger partial charge in [-0.2, -0.15) is 0 Å². The quantitative estimate of drug-likeness (QED) is 0.0378. The lowest BCUT2D eigenvalue weighted by atomic mass is 9.96. The number of aliphatic hydroxyl groups excluding tert-OH is 4. The maximum absolute atomic E-state index is 12.7. The van der Waals surface area contributed by atoms with Crippen molar-refractivity contribution in [3.8, 4) is 0 Å². The Balaban J connectivity index is 2.25. The van der Waals surface area contributed by atoms with Crippen molar-refractivity contribution < 1.29 is 39.4 Å². The average Bonchev–Trinajstić information content (AvgIpc) is 3.28. The zero-order chi connectivity index (χ0) is 36.8. The Morgan fingerprint density at radius 3 is 1.38 bits per heavy atom. The number of carbonyl (C=O) groups excluding carboxylic acids is 1. The minimum Gasteiger partial charge on any atom is -0.457 e. The van der Waals surface area contributed by atoms with Crippen LogP contribution in [-0.2, 0) is 19.0 Å². The van der Waals surface area contributed by atoms with E-state index in [4.69, 9.17) is 14.2 Å². The summed E-state index contributed by atoms with van der Waals surface area (Å²) in [5.74, 6) is 1.37. The van der Waals surface area contributed by atoms with Gasteiger partial charge >= 0.3 is 5.97 Å². The number of esters is 1.